The molecule has 0 aliphatic heterocycles. The summed E-state index contributed by atoms with van der Waals surface area (Å²) in [5.74, 6) is 0.377. The fourth-order valence-electron chi connectivity index (χ4n) is 1.93. The maximum absolute atomic E-state index is 11.8. The number of carbonyl (C=O) groups is 1. The molecule has 1 N–H and O–H groups in total. The first kappa shape index (κ1) is 14.8. The van der Waals surface area contributed by atoms with Gasteiger partial charge < -0.3 is 10.1 Å². The van der Waals surface area contributed by atoms with E-state index in [0.717, 1.165) is 15.2 Å². The van der Waals surface area contributed by atoms with Crippen LogP contribution in [0.15, 0.2) is 48.5 Å². The van der Waals surface area contributed by atoms with E-state index in [4.69, 9.17) is 16.3 Å². The number of hydrogen-bond donors (Lipinski definition) is 1. The zero-order valence-electron chi connectivity index (χ0n) is 11.6. The second kappa shape index (κ2) is 6.77. The van der Waals surface area contributed by atoms with Gasteiger partial charge in [0.15, 0.2) is 6.61 Å². The van der Waals surface area contributed by atoms with Crippen LogP contribution >= 0.6 is 22.9 Å². The van der Waals surface area contributed by atoms with E-state index in [2.05, 4.69) is 10.3 Å². The number of amides is 1. The number of hydrogen-bond acceptors (Lipinski definition) is 4. The van der Waals surface area contributed by atoms with Gasteiger partial charge in [0.25, 0.3) is 5.91 Å². The van der Waals surface area contributed by atoms with Gasteiger partial charge in [-0.2, -0.15) is 0 Å². The number of para-hydroxylation sites is 1. The zero-order chi connectivity index (χ0) is 15.4. The van der Waals surface area contributed by atoms with Gasteiger partial charge in [0.05, 0.1) is 16.8 Å². The molecule has 0 aliphatic rings. The number of thiazole rings is 1. The lowest BCUT2D eigenvalue weighted by Gasteiger charge is -2.06. The van der Waals surface area contributed by atoms with E-state index in [1.165, 1.54) is 0 Å². The fourth-order valence-corrected chi connectivity index (χ4v) is 3.01. The Kier molecular flexibility index (Phi) is 4.56. The lowest BCUT2D eigenvalue weighted by molar-refractivity contribution is -0.123. The molecular weight excluding hydrogens is 320 g/mol. The van der Waals surface area contributed by atoms with E-state index < -0.39 is 0 Å². The van der Waals surface area contributed by atoms with Crippen molar-refractivity contribution in [1.29, 1.82) is 0 Å². The van der Waals surface area contributed by atoms with Crippen LogP contribution in [0.5, 0.6) is 5.75 Å². The molecule has 0 atom stereocenters. The van der Waals surface area contributed by atoms with Crippen molar-refractivity contribution in [2.45, 2.75) is 6.54 Å². The van der Waals surface area contributed by atoms with Crippen molar-refractivity contribution in [1.82, 2.24) is 10.3 Å². The molecule has 1 heterocycles. The van der Waals surface area contributed by atoms with Crippen molar-refractivity contribution in [2.24, 2.45) is 0 Å². The topological polar surface area (TPSA) is 51.2 Å². The van der Waals surface area contributed by atoms with Gasteiger partial charge in [0.1, 0.15) is 10.8 Å². The minimum atomic E-state index is -0.195. The molecule has 0 aliphatic carbocycles. The number of fused-ring (bicyclic) bond motifs is 1. The number of aromatic nitrogens is 1. The summed E-state index contributed by atoms with van der Waals surface area (Å²) < 4.78 is 6.50. The minimum absolute atomic E-state index is 0.0504. The number of carbonyl (C=O) groups excluding carboxylic acids is 1. The molecule has 1 aromatic heterocycles. The minimum Gasteiger partial charge on any atom is -0.484 e. The Hall–Kier alpha value is -2.11. The Morgan fingerprint density at radius 1 is 1.23 bits per heavy atom. The van der Waals surface area contributed by atoms with Crippen LogP contribution in [-0.2, 0) is 11.3 Å². The van der Waals surface area contributed by atoms with Crippen molar-refractivity contribution in [3.05, 3.63) is 58.6 Å². The predicted octanol–water partition coefficient (Wildman–Crippen LogP) is 3.64. The molecule has 3 aromatic rings. The first-order valence-corrected chi connectivity index (χ1v) is 7.90. The fraction of sp³-hybridized carbons (Fsp3) is 0.125. The number of ether oxygens (including phenoxy) is 1. The highest BCUT2D eigenvalue weighted by Crippen LogP contribution is 2.21. The second-order valence-electron chi connectivity index (χ2n) is 4.60. The molecule has 0 bridgehead atoms. The Bertz CT molecular complexity index is 770. The normalized spacial score (nSPS) is 10.6. The number of rotatable bonds is 5. The Labute approximate surface area is 136 Å². The molecule has 0 radical (unpaired) electrons. The van der Waals surface area contributed by atoms with Gasteiger partial charge in [0, 0.05) is 5.02 Å². The SMILES string of the molecule is O=C(COc1cccc(Cl)c1)NCc1nc2ccccc2s1. The predicted molar refractivity (Wildman–Crippen MR) is 88.4 cm³/mol. The highest BCUT2D eigenvalue weighted by atomic mass is 35.5. The van der Waals surface area contributed by atoms with Crippen LogP contribution in [0.2, 0.25) is 5.02 Å². The van der Waals surface area contributed by atoms with Gasteiger partial charge in [-0.3, -0.25) is 4.79 Å². The van der Waals surface area contributed by atoms with Crippen LogP contribution < -0.4 is 10.1 Å². The van der Waals surface area contributed by atoms with E-state index in [1.54, 1.807) is 35.6 Å². The van der Waals surface area contributed by atoms with E-state index in [9.17, 15) is 4.79 Å². The third kappa shape index (κ3) is 3.75. The molecule has 0 unspecified atom stereocenters. The molecule has 6 heteroatoms. The van der Waals surface area contributed by atoms with Gasteiger partial charge in [-0.15, -0.1) is 11.3 Å². The lowest BCUT2D eigenvalue weighted by Crippen LogP contribution is -2.28. The second-order valence-corrected chi connectivity index (χ2v) is 6.15. The third-order valence-corrected chi connectivity index (χ3v) is 4.21. The zero-order valence-corrected chi connectivity index (χ0v) is 13.2. The third-order valence-electron chi connectivity index (χ3n) is 2.94. The van der Waals surface area contributed by atoms with E-state index in [-0.39, 0.29) is 12.5 Å². The monoisotopic (exact) mass is 332 g/mol. The molecule has 1 amide bonds. The van der Waals surface area contributed by atoms with Gasteiger partial charge in [-0.05, 0) is 30.3 Å². The summed E-state index contributed by atoms with van der Waals surface area (Å²) >= 11 is 7.42. The molecule has 0 saturated heterocycles. The summed E-state index contributed by atoms with van der Waals surface area (Å²) in [6.07, 6.45) is 0. The quantitative estimate of drug-likeness (QED) is 0.776. The summed E-state index contributed by atoms with van der Waals surface area (Å²) in [6.45, 7) is 0.350. The maximum Gasteiger partial charge on any atom is 0.258 e. The average Bonchev–Trinajstić information content (AvgIpc) is 2.94. The Morgan fingerprint density at radius 3 is 2.91 bits per heavy atom. The van der Waals surface area contributed by atoms with Gasteiger partial charge in [0.2, 0.25) is 0 Å². The molecular formula is C16H13ClN2O2S. The lowest BCUT2D eigenvalue weighted by atomic mass is 10.3. The van der Waals surface area contributed by atoms with Crippen molar-refractivity contribution >= 4 is 39.1 Å². The molecule has 3 rings (SSSR count). The standard InChI is InChI=1S/C16H13ClN2O2S/c17-11-4-3-5-12(8-11)21-10-15(20)18-9-16-19-13-6-1-2-7-14(13)22-16/h1-8H,9-10H2,(H,18,20). The molecule has 0 spiro atoms. The van der Waals surface area contributed by atoms with Crippen LogP contribution in [0, 0.1) is 0 Å². The number of benzene rings is 2. The van der Waals surface area contributed by atoms with E-state index in [0.29, 0.717) is 17.3 Å². The number of nitrogens with zero attached hydrogens (tertiary/aromatic N) is 1. The Balaban J connectivity index is 1.51. The molecule has 0 saturated carbocycles. The Morgan fingerprint density at radius 2 is 2.09 bits per heavy atom. The van der Waals surface area contributed by atoms with Crippen molar-refractivity contribution in [3.63, 3.8) is 0 Å². The maximum atomic E-state index is 11.8. The molecule has 2 aromatic carbocycles. The van der Waals surface area contributed by atoms with Crippen LogP contribution in [0.1, 0.15) is 5.01 Å². The van der Waals surface area contributed by atoms with Crippen molar-refractivity contribution < 1.29 is 9.53 Å². The van der Waals surface area contributed by atoms with Crippen LogP contribution in [0.3, 0.4) is 0 Å². The highest BCUT2D eigenvalue weighted by Gasteiger charge is 2.06. The molecule has 112 valence electrons. The summed E-state index contributed by atoms with van der Waals surface area (Å²) in [4.78, 5) is 16.3. The van der Waals surface area contributed by atoms with E-state index >= 15 is 0 Å². The first-order chi connectivity index (χ1) is 10.7. The smallest absolute Gasteiger partial charge is 0.258 e. The average molecular weight is 333 g/mol. The van der Waals surface area contributed by atoms with Crippen LogP contribution in [-0.4, -0.2) is 17.5 Å². The first-order valence-electron chi connectivity index (χ1n) is 6.70. The van der Waals surface area contributed by atoms with Crippen LogP contribution in [0.25, 0.3) is 10.2 Å². The van der Waals surface area contributed by atoms with Gasteiger partial charge in [-0.25, -0.2) is 4.98 Å². The summed E-state index contributed by atoms with van der Waals surface area (Å²) in [6, 6.07) is 14.8. The van der Waals surface area contributed by atoms with Crippen molar-refractivity contribution in [3.8, 4) is 5.75 Å². The van der Waals surface area contributed by atoms with Gasteiger partial charge in [-0.1, -0.05) is 29.8 Å². The van der Waals surface area contributed by atoms with E-state index in [1.807, 2.05) is 24.3 Å². The number of nitrogens with one attached hydrogen (secondary N) is 1. The molecule has 22 heavy (non-hydrogen) atoms. The number of halogens is 1. The molecule has 4 nitrogen and oxygen atoms in total. The molecule has 0 fully saturated rings. The van der Waals surface area contributed by atoms with Crippen LogP contribution in [0.4, 0.5) is 0 Å². The highest BCUT2D eigenvalue weighted by molar-refractivity contribution is 7.18. The summed E-state index contributed by atoms with van der Waals surface area (Å²) in [5.41, 5.74) is 0.951. The van der Waals surface area contributed by atoms with Gasteiger partial charge >= 0.3 is 0 Å². The largest absolute Gasteiger partial charge is 0.484 e. The summed E-state index contributed by atoms with van der Waals surface area (Å²) in [7, 11) is 0. The summed E-state index contributed by atoms with van der Waals surface area (Å²) in [5, 5.41) is 4.24. The van der Waals surface area contributed by atoms with Crippen molar-refractivity contribution in [2.75, 3.05) is 6.61 Å².